The van der Waals surface area contributed by atoms with Crippen molar-refractivity contribution in [3.63, 3.8) is 0 Å². The Bertz CT molecular complexity index is 491. The van der Waals surface area contributed by atoms with Gasteiger partial charge in [-0.05, 0) is 37.1 Å². The van der Waals surface area contributed by atoms with Gasteiger partial charge in [0.2, 0.25) is 11.8 Å². The number of hydrogen-bond donors (Lipinski definition) is 2. The molecular formula is C16H23N3O2. The van der Waals surface area contributed by atoms with E-state index in [4.69, 9.17) is 0 Å². The van der Waals surface area contributed by atoms with E-state index in [0.29, 0.717) is 18.9 Å². The topological polar surface area (TPSA) is 61.4 Å². The van der Waals surface area contributed by atoms with Crippen molar-refractivity contribution >= 4 is 17.5 Å². The van der Waals surface area contributed by atoms with E-state index in [9.17, 15) is 9.59 Å². The molecule has 0 bridgehead atoms. The first-order chi connectivity index (χ1) is 10.0. The Labute approximate surface area is 125 Å². The lowest BCUT2D eigenvalue weighted by molar-refractivity contribution is -0.128. The van der Waals surface area contributed by atoms with Crippen molar-refractivity contribution in [1.29, 1.82) is 0 Å². The van der Waals surface area contributed by atoms with Gasteiger partial charge in [0.25, 0.3) is 0 Å². The van der Waals surface area contributed by atoms with Crippen molar-refractivity contribution in [1.82, 2.24) is 10.2 Å². The molecule has 0 aliphatic carbocycles. The van der Waals surface area contributed by atoms with Crippen LogP contribution in [0.3, 0.4) is 0 Å². The first kappa shape index (κ1) is 15.5. The molecule has 5 nitrogen and oxygen atoms in total. The van der Waals surface area contributed by atoms with Crippen molar-refractivity contribution in [2.75, 3.05) is 26.0 Å². The van der Waals surface area contributed by atoms with Crippen LogP contribution in [0.4, 0.5) is 5.69 Å². The van der Waals surface area contributed by atoms with Gasteiger partial charge in [-0.2, -0.15) is 0 Å². The molecule has 2 amide bonds. The molecular weight excluding hydrogens is 266 g/mol. The zero-order valence-corrected chi connectivity index (χ0v) is 12.7. The number of likely N-dealkylation sites (N-methyl/N-ethyl adjacent to an activating group) is 1. The van der Waals surface area contributed by atoms with E-state index in [1.165, 1.54) is 0 Å². The highest BCUT2D eigenvalue weighted by molar-refractivity contribution is 5.91. The third-order valence-corrected chi connectivity index (χ3v) is 3.69. The summed E-state index contributed by atoms with van der Waals surface area (Å²) in [6.07, 6.45) is 3.11. The Morgan fingerprint density at radius 3 is 2.57 bits per heavy atom. The van der Waals surface area contributed by atoms with Crippen molar-refractivity contribution in [3.05, 3.63) is 29.8 Å². The summed E-state index contributed by atoms with van der Waals surface area (Å²) >= 11 is 0. The Balaban J connectivity index is 1.84. The predicted molar refractivity (Wildman–Crippen MR) is 83.1 cm³/mol. The number of nitrogens with one attached hydrogen (secondary N) is 2. The van der Waals surface area contributed by atoms with Crippen LogP contribution >= 0.6 is 0 Å². The fourth-order valence-corrected chi connectivity index (χ4v) is 2.41. The van der Waals surface area contributed by atoms with E-state index >= 15 is 0 Å². The predicted octanol–water partition coefficient (Wildman–Crippen LogP) is 1.40. The summed E-state index contributed by atoms with van der Waals surface area (Å²) in [5.74, 6) is 0.102. The van der Waals surface area contributed by atoms with Gasteiger partial charge in [-0.25, -0.2) is 0 Å². The summed E-state index contributed by atoms with van der Waals surface area (Å²) in [7, 11) is 3.49. The van der Waals surface area contributed by atoms with Crippen molar-refractivity contribution in [2.45, 2.75) is 31.7 Å². The van der Waals surface area contributed by atoms with E-state index < -0.39 is 0 Å². The van der Waals surface area contributed by atoms with Crippen molar-refractivity contribution in [3.8, 4) is 0 Å². The summed E-state index contributed by atoms with van der Waals surface area (Å²) in [6.45, 7) is 1.01. The number of anilines is 1. The summed E-state index contributed by atoms with van der Waals surface area (Å²) in [5, 5.41) is 6.21. The lowest BCUT2D eigenvalue weighted by Crippen LogP contribution is -2.27. The molecule has 0 saturated carbocycles. The maximum absolute atomic E-state index is 11.9. The number of carbonyl (C=O) groups excluding carboxylic acids is 2. The van der Waals surface area contributed by atoms with Crippen LogP contribution in [0.2, 0.25) is 0 Å². The van der Waals surface area contributed by atoms with Crippen LogP contribution < -0.4 is 10.6 Å². The summed E-state index contributed by atoms with van der Waals surface area (Å²) in [5.41, 5.74) is 1.73. The van der Waals surface area contributed by atoms with Crippen molar-refractivity contribution in [2.24, 2.45) is 0 Å². The van der Waals surface area contributed by atoms with Crippen LogP contribution in [0.1, 0.15) is 24.8 Å². The number of nitrogens with zero attached hydrogens (tertiary/aromatic N) is 1. The normalized spacial score (nSPS) is 17.5. The minimum absolute atomic E-state index is 0.0338. The first-order valence-corrected chi connectivity index (χ1v) is 7.37. The van der Waals surface area contributed by atoms with Crippen LogP contribution in [0.15, 0.2) is 24.3 Å². The highest BCUT2D eigenvalue weighted by atomic mass is 16.2. The zero-order chi connectivity index (χ0) is 15.2. The van der Waals surface area contributed by atoms with Gasteiger partial charge in [0, 0.05) is 32.2 Å². The molecule has 0 aromatic heterocycles. The number of benzene rings is 1. The second-order valence-electron chi connectivity index (χ2n) is 5.71. The molecule has 2 rings (SSSR count). The van der Waals surface area contributed by atoms with Gasteiger partial charge in [0.05, 0.1) is 6.42 Å². The van der Waals surface area contributed by atoms with Crippen LogP contribution in [-0.2, 0) is 16.0 Å². The van der Waals surface area contributed by atoms with E-state index in [1.54, 1.807) is 19.0 Å². The largest absolute Gasteiger partial charge is 0.349 e. The molecule has 114 valence electrons. The SMILES string of the molecule is CN(C)C(=O)Cc1ccc(NC(=O)CC2CCCN2)cc1. The molecule has 1 saturated heterocycles. The average molecular weight is 289 g/mol. The van der Waals surface area contributed by atoms with E-state index in [-0.39, 0.29) is 11.8 Å². The molecule has 2 N–H and O–H groups in total. The summed E-state index contributed by atoms with van der Waals surface area (Å²) in [4.78, 5) is 25.1. The molecule has 21 heavy (non-hydrogen) atoms. The van der Waals surface area contributed by atoms with Gasteiger partial charge >= 0.3 is 0 Å². The highest BCUT2D eigenvalue weighted by Gasteiger charge is 2.17. The van der Waals surface area contributed by atoms with E-state index in [1.807, 2.05) is 24.3 Å². The van der Waals surface area contributed by atoms with Gasteiger partial charge in [0.15, 0.2) is 0 Å². The maximum Gasteiger partial charge on any atom is 0.226 e. The molecule has 0 radical (unpaired) electrons. The van der Waals surface area contributed by atoms with Gasteiger partial charge in [-0.3, -0.25) is 9.59 Å². The molecule has 5 heteroatoms. The minimum Gasteiger partial charge on any atom is -0.349 e. The monoisotopic (exact) mass is 289 g/mol. The lowest BCUT2D eigenvalue weighted by atomic mass is 10.1. The molecule has 1 aromatic rings. The number of rotatable bonds is 5. The van der Waals surface area contributed by atoms with Crippen LogP contribution in [0.5, 0.6) is 0 Å². The molecule has 0 spiro atoms. The Kier molecular flexibility index (Phi) is 5.33. The first-order valence-electron chi connectivity index (χ1n) is 7.37. The van der Waals surface area contributed by atoms with Crippen LogP contribution in [-0.4, -0.2) is 43.4 Å². The van der Waals surface area contributed by atoms with Gasteiger partial charge in [-0.1, -0.05) is 12.1 Å². The molecule has 1 unspecified atom stereocenters. The third kappa shape index (κ3) is 4.86. The minimum atomic E-state index is 0.0338. The van der Waals surface area contributed by atoms with E-state index in [0.717, 1.165) is 30.6 Å². The van der Waals surface area contributed by atoms with Gasteiger partial charge < -0.3 is 15.5 Å². The third-order valence-electron chi connectivity index (χ3n) is 3.69. The second-order valence-corrected chi connectivity index (χ2v) is 5.71. The van der Waals surface area contributed by atoms with Crippen molar-refractivity contribution < 1.29 is 9.59 Å². The van der Waals surface area contributed by atoms with Crippen LogP contribution in [0.25, 0.3) is 0 Å². The number of hydrogen-bond acceptors (Lipinski definition) is 3. The molecule has 1 aliphatic heterocycles. The van der Waals surface area contributed by atoms with Crippen LogP contribution in [0, 0.1) is 0 Å². The fourth-order valence-electron chi connectivity index (χ4n) is 2.41. The molecule has 1 aromatic carbocycles. The Morgan fingerprint density at radius 2 is 2.00 bits per heavy atom. The van der Waals surface area contributed by atoms with E-state index in [2.05, 4.69) is 10.6 Å². The molecule has 1 aliphatic rings. The second kappa shape index (κ2) is 7.22. The standard InChI is InChI=1S/C16H23N3O2/c1-19(2)16(21)10-12-5-7-13(8-6-12)18-15(20)11-14-4-3-9-17-14/h5-8,14,17H,3-4,9-11H2,1-2H3,(H,18,20). The smallest absolute Gasteiger partial charge is 0.226 e. The molecule has 1 fully saturated rings. The Morgan fingerprint density at radius 1 is 1.29 bits per heavy atom. The zero-order valence-electron chi connectivity index (χ0n) is 12.7. The van der Waals surface area contributed by atoms with Gasteiger partial charge in [0.1, 0.15) is 0 Å². The average Bonchev–Trinajstić information content (AvgIpc) is 2.93. The quantitative estimate of drug-likeness (QED) is 0.861. The number of carbonyl (C=O) groups is 2. The Hall–Kier alpha value is -1.88. The summed E-state index contributed by atoms with van der Waals surface area (Å²) < 4.78 is 0. The maximum atomic E-state index is 11.9. The fraction of sp³-hybridized carbons (Fsp3) is 0.500. The summed E-state index contributed by atoms with van der Waals surface area (Å²) in [6, 6.07) is 7.76. The highest BCUT2D eigenvalue weighted by Crippen LogP contribution is 2.13. The number of amides is 2. The lowest BCUT2D eigenvalue weighted by Gasteiger charge is -2.12. The molecule has 1 heterocycles. The van der Waals surface area contributed by atoms with Gasteiger partial charge in [-0.15, -0.1) is 0 Å². The molecule has 1 atom stereocenters.